The van der Waals surface area contributed by atoms with Crippen LogP contribution in [0.4, 0.5) is 0 Å². The van der Waals surface area contributed by atoms with Crippen molar-refractivity contribution in [2.75, 3.05) is 0 Å². The van der Waals surface area contributed by atoms with Gasteiger partial charge in [-0.2, -0.15) is 0 Å². The average molecular weight is 127 g/mol. The number of β-lactam (4-membered cyclic amide) rings is 1. The lowest BCUT2D eigenvalue weighted by Gasteiger charge is -2.31. The Kier molecular flexibility index (Phi) is 0.713. The van der Waals surface area contributed by atoms with Crippen LogP contribution in [0.25, 0.3) is 0 Å². The molecule has 0 bridgehead atoms. The Labute approximate surface area is 51.5 Å². The molecule has 0 N–H and O–H groups in total. The van der Waals surface area contributed by atoms with Gasteiger partial charge in [-0.1, -0.05) is 0 Å². The highest BCUT2D eigenvalue weighted by Gasteiger charge is 2.36. The van der Waals surface area contributed by atoms with Gasteiger partial charge >= 0.3 is 0 Å². The predicted octanol–water partition coefficient (Wildman–Crippen LogP) is 0.763. The van der Waals surface area contributed by atoms with Crippen LogP contribution < -0.4 is 0 Å². The van der Waals surface area contributed by atoms with Gasteiger partial charge in [-0.15, -0.1) is 11.8 Å². The Bertz CT molecular complexity index is 166. The minimum absolute atomic E-state index is 0.260. The van der Waals surface area contributed by atoms with Crippen molar-refractivity contribution in [1.82, 2.24) is 4.90 Å². The van der Waals surface area contributed by atoms with E-state index in [0.29, 0.717) is 5.37 Å². The highest BCUT2D eigenvalue weighted by atomic mass is 32.2. The second-order valence-electron chi connectivity index (χ2n) is 1.88. The fourth-order valence-electron chi connectivity index (χ4n) is 0.886. The van der Waals surface area contributed by atoms with Crippen molar-refractivity contribution in [2.24, 2.45) is 0 Å². The molecule has 1 atom stereocenters. The largest absolute Gasteiger partial charge is 0.305 e. The zero-order valence-corrected chi connectivity index (χ0v) is 5.02. The quantitative estimate of drug-likeness (QED) is 0.448. The van der Waals surface area contributed by atoms with Gasteiger partial charge in [-0.25, -0.2) is 0 Å². The van der Waals surface area contributed by atoms with E-state index in [1.54, 1.807) is 16.7 Å². The van der Waals surface area contributed by atoms with Gasteiger partial charge in [0.1, 0.15) is 0 Å². The second kappa shape index (κ2) is 1.29. The van der Waals surface area contributed by atoms with Crippen LogP contribution in [0.15, 0.2) is 11.6 Å². The molecule has 2 aliphatic heterocycles. The first-order valence-electron chi connectivity index (χ1n) is 2.51. The molecule has 0 aromatic heterocycles. The van der Waals surface area contributed by atoms with Crippen LogP contribution in [0.2, 0.25) is 0 Å². The molecule has 0 saturated carbocycles. The third kappa shape index (κ3) is 0.375. The van der Waals surface area contributed by atoms with Crippen molar-refractivity contribution in [1.29, 1.82) is 0 Å². The molecule has 0 radical (unpaired) electrons. The summed E-state index contributed by atoms with van der Waals surface area (Å²) in [5.74, 6) is 0.260. The van der Waals surface area contributed by atoms with E-state index < -0.39 is 0 Å². The molecule has 2 aliphatic rings. The summed E-state index contributed by atoms with van der Waals surface area (Å²) in [6.07, 6.45) is 2.58. The van der Waals surface area contributed by atoms with Crippen molar-refractivity contribution in [3.63, 3.8) is 0 Å². The maximum absolute atomic E-state index is 10.6. The third-order valence-corrected chi connectivity index (χ3v) is 2.39. The molecule has 2 rings (SSSR count). The normalized spacial score (nSPS) is 32.8. The topological polar surface area (TPSA) is 20.3 Å². The molecule has 8 heavy (non-hydrogen) atoms. The Morgan fingerprint density at radius 3 is 3.25 bits per heavy atom. The van der Waals surface area contributed by atoms with Gasteiger partial charge in [0.05, 0.1) is 11.8 Å². The van der Waals surface area contributed by atoms with E-state index in [-0.39, 0.29) is 5.91 Å². The summed E-state index contributed by atoms with van der Waals surface area (Å²) in [5, 5.41) is 2.43. The van der Waals surface area contributed by atoms with Crippen LogP contribution in [0.3, 0.4) is 0 Å². The van der Waals surface area contributed by atoms with Gasteiger partial charge in [-0.05, 0) is 5.41 Å². The lowest BCUT2D eigenvalue weighted by atomic mass is 10.2. The number of carbonyl (C=O) groups is 1. The zero-order valence-electron chi connectivity index (χ0n) is 4.20. The van der Waals surface area contributed by atoms with Gasteiger partial charge < -0.3 is 4.90 Å². The molecule has 2 nitrogen and oxygen atoms in total. The SMILES string of the molecule is O=C1C[C@@H]2SC=CN12. The number of carbonyl (C=O) groups excluding carboxylic acids is 1. The zero-order chi connectivity index (χ0) is 5.56. The van der Waals surface area contributed by atoms with Gasteiger partial charge in [0.2, 0.25) is 5.91 Å². The summed E-state index contributed by atoms with van der Waals surface area (Å²) in [6.45, 7) is 0. The molecule has 0 aliphatic carbocycles. The molecular weight excluding hydrogens is 122 g/mol. The second-order valence-corrected chi connectivity index (χ2v) is 2.97. The molecule has 42 valence electrons. The smallest absolute Gasteiger partial charge is 0.230 e. The first kappa shape index (κ1) is 4.44. The van der Waals surface area contributed by atoms with Gasteiger partial charge in [0.15, 0.2) is 0 Å². The first-order chi connectivity index (χ1) is 3.88. The molecule has 2 heterocycles. The van der Waals surface area contributed by atoms with E-state index in [0.717, 1.165) is 6.42 Å². The van der Waals surface area contributed by atoms with Gasteiger partial charge in [-0.3, -0.25) is 4.79 Å². The fraction of sp³-hybridized carbons (Fsp3) is 0.400. The van der Waals surface area contributed by atoms with Crippen LogP contribution in [0.5, 0.6) is 0 Å². The van der Waals surface area contributed by atoms with E-state index in [9.17, 15) is 4.79 Å². The highest BCUT2D eigenvalue weighted by molar-refractivity contribution is 8.03. The molecular formula is C5H5NOS. The molecule has 0 aromatic carbocycles. The van der Waals surface area contributed by atoms with Crippen molar-refractivity contribution in [3.05, 3.63) is 11.6 Å². The Balaban J connectivity index is 2.21. The first-order valence-corrected chi connectivity index (χ1v) is 3.45. The summed E-state index contributed by atoms with van der Waals surface area (Å²) in [7, 11) is 0. The summed E-state index contributed by atoms with van der Waals surface area (Å²) in [4.78, 5) is 12.3. The summed E-state index contributed by atoms with van der Waals surface area (Å²) < 4.78 is 0. The van der Waals surface area contributed by atoms with E-state index in [2.05, 4.69) is 0 Å². The molecule has 0 spiro atoms. The Morgan fingerprint density at radius 1 is 1.88 bits per heavy atom. The van der Waals surface area contributed by atoms with E-state index in [4.69, 9.17) is 0 Å². The van der Waals surface area contributed by atoms with Crippen LogP contribution in [-0.4, -0.2) is 16.2 Å². The summed E-state index contributed by atoms with van der Waals surface area (Å²) in [6, 6.07) is 0. The maximum atomic E-state index is 10.6. The number of amides is 1. The lowest BCUT2D eigenvalue weighted by Crippen LogP contribution is -2.44. The highest BCUT2D eigenvalue weighted by Crippen LogP contribution is 2.35. The minimum Gasteiger partial charge on any atom is -0.305 e. The number of fused-ring (bicyclic) bond motifs is 1. The Hall–Kier alpha value is -0.440. The van der Waals surface area contributed by atoms with Crippen molar-refractivity contribution in [3.8, 4) is 0 Å². The van der Waals surface area contributed by atoms with Crippen LogP contribution in [0.1, 0.15) is 6.42 Å². The predicted molar refractivity (Wildman–Crippen MR) is 32.0 cm³/mol. The molecule has 3 heteroatoms. The number of thioether (sulfide) groups is 1. The van der Waals surface area contributed by atoms with E-state index >= 15 is 0 Å². The number of hydrogen-bond donors (Lipinski definition) is 0. The molecule has 0 aromatic rings. The monoisotopic (exact) mass is 127 g/mol. The van der Waals surface area contributed by atoms with Crippen LogP contribution >= 0.6 is 11.8 Å². The van der Waals surface area contributed by atoms with Crippen molar-refractivity contribution >= 4 is 17.7 Å². The molecule has 1 saturated heterocycles. The Morgan fingerprint density at radius 2 is 2.75 bits per heavy atom. The number of nitrogens with zero attached hydrogens (tertiary/aromatic N) is 1. The fourth-order valence-corrected chi connectivity index (χ4v) is 1.83. The lowest BCUT2D eigenvalue weighted by molar-refractivity contribution is -0.137. The standard InChI is InChI=1S/C5H5NOS/c7-4-3-5-6(4)1-2-8-5/h1-2,5H,3H2/t5-/m0/s1. The van der Waals surface area contributed by atoms with Crippen molar-refractivity contribution in [2.45, 2.75) is 11.8 Å². The number of hydrogen-bond acceptors (Lipinski definition) is 2. The van der Waals surface area contributed by atoms with Gasteiger partial charge in [0, 0.05) is 6.20 Å². The molecule has 0 unspecified atom stereocenters. The van der Waals surface area contributed by atoms with Crippen LogP contribution in [-0.2, 0) is 4.79 Å². The van der Waals surface area contributed by atoms with Gasteiger partial charge in [0.25, 0.3) is 0 Å². The van der Waals surface area contributed by atoms with Crippen molar-refractivity contribution < 1.29 is 4.79 Å². The average Bonchev–Trinajstić information content (AvgIpc) is 2.09. The van der Waals surface area contributed by atoms with E-state index in [1.807, 2.05) is 11.6 Å². The maximum Gasteiger partial charge on any atom is 0.230 e. The number of rotatable bonds is 0. The third-order valence-electron chi connectivity index (χ3n) is 1.40. The molecule has 1 fully saturated rings. The summed E-state index contributed by atoms with van der Waals surface area (Å²) >= 11 is 1.72. The van der Waals surface area contributed by atoms with Crippen LogP contribution in [0, 0.1) is 0 Å². The minimum atomic E-state index is 0.260. The molecule has 1 amide bonds. The summed E-state index contributed by atoms with van der Waals surface area (Å²) in [5.41, 5.74) is 0. The van der Waals surface area contributed by atoms with E-state index in [1.165, 1.54) is 0 Å².